The number of aromatic nitrogens is 3. The lowest BCUT2D eigenvalue weighted by Crippen LogP contribution is -2.45. The number of aliphatic hydroxyl groups is 1. The first kappa shape index (κ1) is 21.5. The molecule has 1 aliphatic heterocycles. The molecule has 7 nitrogen and oxygen atoms in total. The molecule has 0 aliphatic carbocycles. The number of halogens is 2. The first-order valence-corrected chi connectivity index (χ1v) is 9.00. The maximum atomic E-state index is 13.8. The Labute approximate surface area is 175 Å². The average molecular weight is 488 g/mol. The van der Waals surface area contributed by atoms with E-state index in [0.717, 1.165) is 44.3 Å². The SMILES string of the molecule is CCNC(=NCC(O)c1ccccc1F)N1CCC(c2ncn[nH]2)CC1.I. The van der Waals surface area contributed by atoms with E-state index in [1.54, 1.807) is 18.2 Å². The molecule has 0 amide bonds. The fraction of sp³-hybridized carbons (Fsp3) is 0.500. The lowest BCUT2D eigenvalue weighted by molar-refractivity contribution is 0.181. The lowest BCUT2D eigenvalue weighted by Gasteiger charge is -2.33. The van der Waals surface area contributed by atoms with Gasteiger partial charge in [0.2, 0.25) is 0 Å². The summed E-state index contributed by atoms with van der Waals surface area (Å²) in [7, 11) is 0. The van der Waals surface area contributed by atoms with Crippen molar-refractivity contribution < 1.29 is 9.50 Å². The minimum absolute atomic E-state index is 0. The van der Waals surface area contributed by atoms with Gasteiger partial charge in [-0.1, -0.05) is 18.2 Å². The molecule has 2 aromatic rings. The van der Waals surface area contributed by atoms with Crippen LogP contribution in [0.15, 0.2) is 35.6 Å². The van der Waals surface area contributed by atoms with Crippen molar-refractivity contribution in [3.05, 3.63) is 47.8 Å². The van der Waals surface area contributed by atoms with Gasteiger partial charge in [0.25, 0.3) is 0 Å². The molecule has 0 saturated carbocycles. The number of guanidine groups is 1. The summed E-state index contributed by atoms with van der Waals surface area (Å²) in [5.74, 6) is 1.65. The highest BCUT2D eigenvalue weighted by Crippen LogP contribution is 2.25. The molecule has 1 saturated heterocycles. The van der Waals surface area contributed by atoms with Crippen molar-refractivity contribution >= 4 is 29.9 Å². The van der Waals surface area contributed by atoms with Crippen LogP contribution in [0.25, 0.3) is 0 Å². The van der Waals surface area contributed by atoms with Crippen molar-refractivity contribution in [1.82, 2.24) is 25.4 Å². The van der Waals surface area contributed by atoms with Gasteiger partial charge < -0.3 is 15.3 Å². The van der Waals surface area contributed by atoms with Crippen molar-refractivity contribution in [2.75, 3.05) is 26.2 Å². The summed E-state index contributed by atoms with van der Waals surface area (Å²) >= 11 is 0. The number of nitrogens with zero attached hydrogens (tertiary/aromatic N) is 4. The number of likely N-dealkylation sites (tertiary alicyclic amines) is 1. The Bertz CT molecular complexity index is 718. The van der Waals surface area contributed by atoms with Gasteiger partial charge in [-0.2, -0.15) is 5.10 Å². The van der Waals surface area contributed by atoms with Crippen LogP contribution in [0.3, 0.4) is 0 Å². The summed E-state index contributed by atoms with van der Waals surface area (Å²) in [4.78, 5) is 10.9. The molecule has 0 bridgehead atoms. The summed E-state index contributed by atoms with van der Waals surface area (Å²) in [6.45, 7) is 4.53. The Morgan fingerprint density at radius 2 is 2.15 bits per heavy atom. The van der Waals surface area contributed by atoms with Crippen molar-refractivity contribution in [1.29, 1.82) is 0 Å². The largest absolute Gasteiger partial charge is 0.386 e. The van der Waals surface area contributed by atoms with Crippen LogP contribution in [0.1, 0.15) is 43.2 Å². The molecule has 0 radical (unpaired) electrons. The van der Waals surface area contributed by atoms with Crippen LogP contribution < -0.4 is 5.32 Å². The molecule has 1 unspecified atom stereocenters. The third-order valence-corrected chi connectivity index (χ3v) is 4.63. The van der Waals surface area contributed by atoms with Crippen molar-refractivity contribution in [2.45, 2.75) is 31.8 Å². The molecule has 1 fully saturated rings. The number of hydrogen-bond acceptors (Lipinski definition) is 4. The zero-order valence-corrected chi connectivity index (χ0v) is 17.6. The maximum Gasteiger partial charge on any atom is 0.194 e. The van der Waals surface area contributed by atoms with Gasteiger partial charge >= 0.3 is 0 Å². The van der Waals surface area contributed by atoms with Crippen LogP contribution in [0.4, 0.5) is 4.39 Å². The Morgan fingerprint density at radius 3 is 2.78 bits per heavy atom. The van der Waals surface area contributed by atoms with Crippen LogP contribution in [-0.4, -0.2) is 57.3 Å². The first-order chi connectivity index (χ1) is 12.7. The van der Waals surface area contributed by atoms with E-state index in [1.807, 2.05) is 6.92 Å². The number of aliphatic hydroxyl groups excluding tert-OH is 1. The zero-order valence-electron chi connectivity index (χ0n) is 15.3. The summed E-state index contributed by atoms with van der Waals surface area (Å²) in [5, 5.41) is 20.4. The predicted molar refractivity (Wildman–Crippen MR) is 113 cm³/mol. The number of H-pyrrole nitrogens is 1. The van der Waals surface area contributed by atoms with Gasteiger partial charge in [0.1, 0.15) is 24.1 Å². The number of nitrogens with one attached hydrogen (secondary N) is 2. The molecule has 9 heteroatoms. The van der Waals surface area contributed by atoms with Gasteiger partial charge in [-0.05, 0) is 25.8 Å². The van der Waals surface area contributed by atoms with E-state index in [-0.39, 0.29) is 36.1 Å². The molecule has 3 N–H and O–H groups in total. The average Bonchev–Trinajstić information content (AvgIpc) is 3.20. The minimum Gasteiger partial charge on any atom is -0.386 e. The second-order valence-corrected chi connectivity index (χ2v) is 6.36. The first-order valence-electron chi connectivity index (χ1n) is 9.00. The normalized spacial score (nSPS) is 16.7. The monoisotopic (exact) mass is 488 g/mol. The number of benzene rings is 1. The highest BCUT2D eigenvalue weighted by molar-refractivity contribution is 14.0. The quantitative estimate of drug-likeness (QED) is 0.342. The molecule has 0 spiro atoms. The number of piperidine rings is 1. The zero-order chi connectivity index (χ0) is 18.4. The summed E-state index contributed by atoms with van der Waals surface area (Å²) in [6.07, 6.45) is 2.49. The molecule has 3 rings (SSSR count). The molecule has 1 aliphatic rings. The minimum atomic E-state index is -0.961. The fourth-order valence-corrected chi connectivity index (χ4v) is 3.22. The Kier molecular flexibility index (Phi) is 8.42. The van der Waals surface area contributed by atoms with Crippen LogP contribution in [0.2, 0.25) is 0 Å². The van der Waals surface area contributed by atoms with E-state index in [9.17, 15) is 9.50 Å². The van der Waals surface area contributed by atoms with E-state index < -0.39 is 11.9 Å². The standard InChI is InChI=1S/C18H25FN6O.HI/c1-2-20-18(21-11-16(26)14-5-3-4-6-15(14)19)25-9-7-13(8-10-25)17-22-12-23-24-17;/h3-6,12-13,16,26H,2,7-11H2,1H3,(H,20,21)(H,22,23,24);1H. The van der Waals surface area contributed by atoms with E-state index in [4.69, 9.17) is 0 Å². The third kappa shape index (κ3) is 5.61. The van der Waals surface area contributed by atoms with Crippen LogP contribution in [-0.2, 0) is 0 Å². The van der Waals surface area contributed by atoms with Crippen molar-refractivity contribution in [3.63, 3.8) is 0 Å². The van der Waals surface area contributed by atoms with Gasteiger partial charge in [0, 0.05) is 31.1 Å². The van der Waals surface area contributed by atoms with Gasteiger partial charge in [0.15, 0.2) is 5.96 Å². The number of aromatic amines is 1. The third-order valence-electron chi connectivity index (χ3n) is 4.63. The van der Waals surface area contributed by atoms with Gasteiger partial charge in [-0.25, -0.2) is 9.37 Å². The summed E-state index contributed by atoms with van der Waals surface area (Å²) in [5.41, 5.74) is 0.274. The molecule has 148 valence electrons. The second-order valence-electron chi connectivity index (χ2n) is 6.36. The van der Waals surface area contributed by atoms with E-state index in [0.29, 0.717) is 5.92 Å². The molecular weight excluding hydrogens is 462 g/mol. The Hall–Kier alpha value is -1.75. The van der Waals surface area contributed by atoms with E-state index >= 15 is 0 Å². The van der Waals surface area contributed by atoms with E-state index in [1.165, 1.54) is 12.4 Å². The van der Waals surface area contributed by atoms with Crippen molar-refractivity contribution in [2.24, 2.45) is 4.99 Å². The van der Waals surface area contributed by atoms with E-state index in [2.05, 4.69) is 30.4 Å². The van der Waals surface area contributed by atoms with Gasteiger partial charge in [-0.3, -0.25) is 10.1 Å². The fourth-order valence-electron chi connectivity index (χ4n) is 3.22. The Morgan fingerprint density at radius 1 is 1.41 bits per heavy atom. The maximum absolute atomic E-state index is 13.8. The number of rotatable bonds is 5. The predicted octanol–water partition coefficient (Wildman–Crippen LogP) is 2.44. The van der Waals surface area contributed by atoms with Gasteiger partial charge in [0.05, 0.1) is 6.54 Å². The highest BCUT2D eigenvalue weighted by Gasteiger charge is 2.24. The highest BCUT2D eigenvalue weighted by atomic mass is 127. The molecule has 27 heavy (non-hydrogen) atoms. The van der Waals surface area contributed by atoms with Gasteiger partial charge in [-0.15, -0.1) is 24.0 Å². The van der Waals surface area contributed by atoms with Crippen LogP contribution in [0, 0.1) is 5.82 Å². The Balaban J connectivity index is 0.00000261. The lowest BCUT2D eigenvalue weighted by atomic mass is 9.96. The topological polar surface area (TPSA) is 89.4 Å². The second kappa shape index (κ2) is 10.5. The molecule has 1 aromatic carbocycles. The molecular formula is C18H26FIN6O. The molecule has 2 heterocycles. The number of hydrogen-bond donors (Lipinski definition) is 3. The summed E-state index contributed by atoms with van der Waals surface area (Å²) < 4.78 is 13.8. The number of aliphatic imine (C=N–C) groups is 1. The summed E-state index contributed by atoms with van der Waals surface area (Å²) in [6, 6.07) is 6.26. The smallest absolute Gasteiger partial charge is 0.194 e. The van der Waals surface area contributed by atoms with Crippen LogP contribution in [0.5, 0.6) is 0 Å². The van der Waals surface area contributed by atoms with Crippen LogP contribution >= 0.6 is 24.0 Å². The van der Waals surface area contributed by atoms with Crippen molar-refractivity contribution in [3.8, 4) is 0 Å². The molecule has 1 aromatic heterocycles. The molecule has 1 atom stereocenters.